The molecule has 3 aromatic rings. The first-order valence-electron chi connectivity index (χ1n) is 13.4. The smallest absolute Gasteiger partial charge is 0.264 e. The summed E-state index contributed by atoms with van der Waals surface area (Å²) in [7, 11) is -2.49. The standard InChI is InChI=1S/C31H38N2O6S/c1-21(2)25-9-7-8-10-27(25)38-18-17-32-30(34)29-20-33(40(35,36)24-14-12-23(37-6)13-15-24)26-19-22(31(3,4)5)11-16-28(26)39-29/h7-16,19,21,29H,17-18,20H2,1-6H3,(H,32,34)/t29-/m1/s1. The molecule has 1 amide bonds. The van der Waals surface area contributed by atoms with Crippen LogP contribution in [0.25, 0.3) is 0 Å². The van der Waals surface area contributed by atoms with E-state index in [1.54, 1.807) is 18.2 Å². The third kappa shape index (κ3) is 6.36. The van der Waals surface area contributed by atoms with Crippen molar-refractivity contribution in [2.24, 2.45) is 0 Å². The van der Waals surface area contributed by atoms with Gasteiger partial charge in [0, 0.05) is 0 Å². The fourth-order valence-electron chi connectivity index (χ4n) is 4.49. The molecule has 0 bridgehead atoms. The summed E-state index contributed by atoms with van der Waals surface area (Å²) in [5.74, 6) is 1.55. The number of ether oxygens (including phenoxy) is 3. The Kier molecular flexibility index (Phi) is 8.63. The molecule has 8 nitrogen and oxygen atoms in total. The van der Waals surface area contributed by atoms with E-state index in [4.69, 9.17) is 14.2 Å². The maximum Gasteiger partial charge on any atom is 0.264 e. The average molecular weight is 567 g/mol. The Bertz CT molecular complexity index is 1450. The van der Waals surface area contributed by atoms with Crippen LogP contribution in [0, 0.1) is 0 Å². The Hall–Kier alpha value is -3.72. The van der Waals surface area contributed by atoms with Crippen LogP contribution in [0.5, 0.6) is 17.2 Å². The Morgan fingerprint density at radius 1 is 1.07 bits per heavy atom. The zero-order valence-corrected chi connectivity index (χ0v) is 24.7. The molecule has 0 aromatic heterocycles. The summed E-state index contributed by atoms with van der Waals surface area (Å²) in [6, 6.07) is 19.5. The fourth-order valence-corrected chi connectivity index (χ4v) is 5.96. The number of fused-ring (bicyclic) bond motifs is 1. The van der Waals surface area contributed by atoms with Crippen LogP contribution in [0.1, 0.15) is 51.7 Å². The molecule has 0 saturated heterocycles. The van der Waals surface area contributed by atoms with Crippen molar-refractivity contribution >= 4 is 21.6 Å². The van der Waals surface area contributed by atoms with Gasteiger partial charge in [0.15, 0.2) is 6.10 Å². The summed E-state index contributed by atoms with van der Waals surface area (Å²) in [6.07, 6.45) is -1.04. The number of nitrogens with zero attached hydrogens (tertiary/aromatic N) is 1. The van der Waals surface area contributed by atoms with Gasteiger partial charge in [-0.15, -0.1) is 0 Å². The number of carbonyl (C=O) groups excluding carboxylic acids is 1. The van der Waals surface area contributed by atoms with Gasteiger partial charge in [0.05, 0.1) is 30.8 Å². The lowest BCUT2D eigenvalue weighted by Crippen LogP contribution is -2.51. The second-order valence-electron chi connectivity index (χ2n) is 11.1. The molecule has 0 spiro atoms. The highest BCUT2D eigenvalue weighted by Crippen LogP contribution is 2.40. The van der Waals surface area contributed by atoms with Gasteiger partial charge < -0.3 is 19.5 Å². The van der Waals surface area contributed by atoms with Gasteiger partial charge >= 0.3 is 0 Å². The summed E-state index contributed by atoms with van der Waals surface area (Å²) in [5.41, 5.74) is 2.23. The molecule has 0 aliphatic carbocycles. The van der Waals surface area contributed by atoms with Crippen LogP contribution in [-0.2, 0) is 20.2 Å². The molecule has 0 saturated carbocycles. The first kappa shape index (κ1) is 29.3. The lowest BCUT2D eigenvalue weighted by Gasteiger charge is -2.36. The van der Waals surface area contributed by atoms with Crippen LogP contribution in [0.15, 0.2) is 71.6 Å². The highest BCUT2D eigenvalue weighted by molar-refractivity contribution is 7.92. The van der Waals surface area contributed by atoms with Gasteiger partial charge in [-0.05, 0) is 64.9 Å². The molecule has 4 rings (SSSR count). The summed E-state index contributed by atoms with van der Waals surface area (Å²) in [4.78, 5) is 13.3. The minimum Gasteiger partial charge on any atom is -0.497 e. The van der Waals surface area contributed by atoms with E-state index in [0.29, 0.717) is 23.1 Å². The van der Waals surface area contributed by atoms with E-state index >= 15 is 0 Å². The Balaban J connectivity index is 1.55. The largest absolute Gasteiger partial charge is 0.497 e. The molecule has 1 aliphatic heterocycles. The van der Waals surface area contributed by atoms with Crippen molar-refractivity contribution in [2.45, 2.75) is 57.0 Å². The fraction of sp³-hybridized carbons (Fsp3) is 0.387. The number of carbonyl (C=O) groups is 1. The van der Waals surface area contributed by atoms with E-state index in [1.165, 1.54) is 23.5 Å². The van der Waals surface area contributed by atoms with Crippen molar-refractivity contribution < 1.29 is 27.4 Å². The summed E-state index contributed by atoms with van der Waals surface area (Å²) >= 11 is 0. The molecule has 0 radical (unpaired) electrons. The third-order valence-corrected chi connectivity index (χ3v) is 8.63. The predicted molar refractivity (Wildman–Crippen MR) is 156 cm³/mol. The first-order chi connectivity index (χ1) is 18.9. The first-order valence-corrected chi connectivity index (χ1v) is 14.8. The van der Waals surface area contributed by atoms with E-state index in [-0.39, 0.29) is 30.0 Å². The molecule has 1 N–H and O–H groups in total. The zero-order chi connectivity index (χ0) is 29.1. The number of anilines is 1. The van der Waals surface area contributed by atoms with Gasteiger partial charge in [-0.2, -0.15) is 0 Å². The maximum atomic E-state index is 13.9. The van der Waals surface area contributed by atoms with Gasteiger partial charge in [-0.1, -0.05) is 58.9 Å². The number of hydrogen-bond donors (Lipinski definition) is 1. The molecule has 3 aromatic carbocycles. The summed E-state index contributed by atoms with van der Waals surface area (Å²) in [6.45, 7) is 10.7. The molecule has 1 aliphatic rings. The van der Waals surface area contributed by atoms with Crippen LogP contribution < -0.4 is 23.8 Å². The molecule has 1 heterocycles. The van der Waals surface area contributed by atoms with Crippen molar-refractivity contribution in [3.05, 3.63) is 77.9 Å². The zero-order valence-electron chi connectivity index (χ0n) is 23.9. The number of benzene rings is 3. The highest BCUT2D eigenvalue weighted by atomic mass is 32.2. The maximum absolute atomic E-state index is 13.9. The van der Waals surface area contributed by atoms with Gasteiger partial charge in [-0.25, -0.2) is 8.42 Å². The van der Waals surface area contributed by atoms with Crippen molar-refractivity contribution in [1.29, 1.82) is 0 Å². The minimum absolute atomic E-state index is 0.0960. The molecule has 9 heteroatoms. The number of rotatable bonds is 9. The number of amides is 1. The Morgan fingerprint density at radius 3 is 2.42 bits per heavy atom. The van der Waals surface area contributed by atoms with E-state index in [9.17, 15) is 13.2 Å². The lowest BCUT2D eigenvalue weighted by molar-refractivity contribution is -0.127. The topological polar surface area (TPSA) is 94.2 Å². The predicted octanol–water partition coefficient (Wildman–Crippen LogP) is 5.27. The van der Waals surface area contributed by atoms with E-state index in [0.717, 1.165) is 16.9 Å². The SMILES string of the molecule is COc1ccc(S(=O)(=O)N2C[C@H](C(=O)NCCOc3ccccc3C(C)C)Oc3ccc(C(C)(C)C)cc32)cc1. The lowest BCUT2D eigenvalue weighted by atomic mass is 9.86. The Labute approximate surface area is 237 Å². The van der Waals surface area contributed by atoms with Gasteiger partial charge in [0.1, 0.15) is 23.9 Å². The molecule has 1 atom stereocenters. The molecule has 0 unspecified atom stereocenters. The number of hydrogen-bond acceptors (Lipinski definition) is 6. The third-order valence-electron chi connectivity index (χ3n) is 6.83. The molecule has 0 fully saturated rings. The quantitative estimate of drug-likeness (QED) is 0.355. The molecule has 40 heavy (non-hydrogen) atoms. The second-order valence-corrected chi connectivity index (χ2v) is 12.9. The molecular formula is C31H38N2O6S. The summed E-state index contributed by atoms with van der Waals surface area (Å²) in [5, 5.41) is 2.84. The average Bonchev–Trinajstić information content (AvgIpc) is 2.93. The van der Waals surface area contributed by atoms with E-state index in [1.807, 2.05) is 36.4 Å². The van der Waals surface area contributed by atoms with Gasteiger partial charge in [0.25, 0.3) is 15.9 Å². The normalized spacial score (nSPS) is 15.3. The second kappa shape index (κ2) is 11.8. The monoisotopic (exact) mass is 566 g/mol. The van der Waals surface area contributed by atoms with Gasteiger partial charge in [-0.3, -0.25) is 9.10 Å². The highest BCUT2D eigenvalue weighted by Gasteiger charge is 2.38. The van der Waals surface area contributed by atoms with E-state index in [2.05, 4.69) is 39.9 Å². The minimum atomic E-state index is -4.01. The van der Waals surface area contributed by atoms with Crippen LogP contribution >= 0.6 is 0 Å². The number of nitrogens with one attached hydrogen (secondary N) is 1. The molecule has 214 valence electrons. The van der Waals surface area contributed by atoms with E-state index < -0.39 is 22.0 Å². The van der Waals surface area contributed by atoms with Crippen molar-refractivity contribution in [3.63, 3.8) is 0 Å². The van der Waals surface area contributed by atoms with Crippen molar-refractivity contribution in [1.82, 2.24) is 5.32 Å². The van der Waals surface area contributed by atoms with Crippen LogP contribution in [0.4, 0.5) is 5.69 Å². The molecular weight excluding hydrogens is 528 g/mol. The Morgan fingerprint density at radius 2 is 1.77 bits per heavy atom. The van der Waals surface area contributed by atoms with Crippen LogP contribution in [0.2, 0.25) is 0 Å². The summed E-state index contributed by atoms with van der Waals surface area (Å²) < 4.78 is 46.1. The van der Waals surface area contributed by atoms with Gasteiger partial charge in [0.2, 0.25) is 0 Å². The number of sulfonamides is 1. The van der Waals surface area contributed by atoms with Crippen LogP contribution in [0.3, 0.4) is 0 Å². The van der Waals surface area contributed by atoms with Crippen LogP contribution in [-0.4, -0.2) is 47.2 Å². The number of methoxy groups -OCH3 is 1. The van der Waals surface area contributed by atoms with Crippen molar-refractivity contribution in [3.8, 4) is 17.2 Å². The van der Waals surface area contributed by atoms with Crippen molar-refractivity contribution in [2.75, 3.05) is 31.1 Å². The number of para-hydroxylation sites is 1.